The van der Waals surface area contributed by atoms with Gasteiger partial charge >= 0.3 is 17.9 Å². The first kappa shape index (κ1) is 24.3. The summed E-state index contributed by atoms with van der Waals surface area (Å²) in [7, 11) is 0. The molecule has 0 aromatic heterocycles. The molecule has 2 unspecified atom stereocenters. The smallest absolute Gasteiger partial charge is 0.326 e. The average Bonchev–Trinajstić information content (AvgIpc) is 2.58. The topological polar surface area (TPSA) is 196 Å². The number of nitrogens with two attached hydrogens (primary N) is 1. The van der Waals surface area contributed by atoms with Crippen LogP contribution in [-0.4, -0.2) is 63.7 Å². The van der Waals surface area contributed by atoms with Crippen molar-refractivity contribution in [3.63, 3.8) is 0 Å². The van der Waals surface area contributed by atoms with Crippen molar-refractivity contribution in [2.45, 2.75) is 63.5 Å². The van der Waals surface area contributed by atoms with Crippen LogP contribution in [0.2, 0.25) is 0 Å². The molecule has 0 saturated heterocycles. The molecular weight excluding hydrogens is 362 g/mol. The first-order valence-electron chi connectivity index (χ1n) is 8.63. The number of hydrogen-bond donors (Lipinski definition) is 6. The number of rotatable bonds is 15. The SMILES string of the molecule is NCCCCCC(=O)NC(CCC(=O)NC(CCC(=O)O)C(=O)O)C(=O)O. The monoisotopic (exact) mass is 389 g/mol. The fraction of sp³-hybridized carbons (Fsp3) is 0.688. The summed E-state index contributed by atoms with van der Waals surface area (Å²) in [4.78, 5) is 56.3. The van der Waals surface area contributed by atoms with E-state index in [-0.39, 0.29) is 25.7 Å². The number of carboxylic acid groups (broad SMARTS) is 3. The molecule has 0 aromatic rings. The van der Waals surface area contributed by atoms with E-state index in [1.165, 1.54) is 0 Å². The lowest BCUT2D eigenvalue weighted by molar-refractivity contribution is -0.144. The molecule has 0 fully saturated rings. The summed E-state index contributed by atoms with van der Waals surface area (Å²) in [6, 6.07) is -2.66. The number of nitrogens with one attached hydrogen (secondary N) is 2. The lowest BCUT2D eigenvalue weighted by atomic mass is 10.1. The number of unbranched alkanes of at least 4 members (excludes halogenated alkanes) is 2. The maximum Gasteiger partial charge on any atom is 0.326 e. The minimum atomic E-state index is -1.38. The largest absolute Gasteiger partial charge is 0.481 e. The Morgan fingerprint density at radius 3 is 1.63 bits per heavy atom. The summed E-state index contributed by atoms with van der Waals surface area (Å²) >= 11 is 0. The van der Waals surface area contributed by atoms with Crippen LogP contribution in [0.25, 0.3) is 0 Å². The summed E-state index contributed by atoms with van der Waals surface area (Å²) < 4.78 is 0. The Balaban J connectivity index is 4.43. The lowest BCUT2D eigenvalue weighted by Gasteiger charge is -2.16. The molecule has 0 aliphatic rings. The number of amides is 2. The van der Waals surface area contributed by atoms with Gasteiger partial charge in [0.05, 0.1) is 0 Å². The standard InChI is InChI=1S/C16H27N3O8/c17-9-3-1-2-4-12(20)18-10(15(24)25)5-7-13(21)19-11(16(26)27)6-8-14(22)23/h10-11H,1-9,17H2,(H,18,20)(H,19,21)(H,22,23)(H,24,25)(H,26,27). The van der Waals surface area contributed by atoms with Gasteiger partial charge in [0, 0.05) is 19.3 Å². The van der Waals surface area contributed by atoms with Crippen LogP contribution >= 0.6 is 0 Å². The summed E-state index contributed by atoms with van der Waals surface area (Å²) in [5.74, 6) is -5.08. The third-order valence-electron chi connectivity index (χ3n) is 3.68. The van der Waals surface area contributed by atoms with Crippen LogP contribution in [0.3, 0.4) is 0 Å². The van der Waals surface area contributed by atoms with Gasteiger partial charge in [0.25, 0.3) is 0 Å². The van der Waals surface area contributed by atoms with Crippen molar-refractivity contribution in [2.24, 2.45) is 5.73 Å². The number of carbonyl (C=O) groups is 5. The molecule has 11 nitrogen and oxygen atoms in total. The van der Waals surface area contributed by atoms with E-state index in [4.69, 9.17) is 21.1 Å². The second-order valence-electron chi connectivity index (χ2n) is 5.99. The molecule has 0 aliphatic carbocycles. The fourth-order valence-corrected chi connectivity index (χ4v) is 2.20. The maximum atomic E-state index is 11.8. The molecule has 0 saturated carbocycles. The number of hydrogen-bond acceptors (Lipinski definition) is 6. The molecule has 0 aliphatic heterocycles. The van der Waals surface area contributed by atoms with Crippen molar-refractivity contribution in [3.8, 4) is 0 Å². The molecule has 0 radical (unpaired) electrons. The van der Waals surface area contributed by atoms with Crippen LogP contribution in [0.4, 0.5) is 0 Å². The molecule has 27 heavy (non-hydrogen) atoms. The molecule has 11 heteroatoms. The van der Waals surface area contributed by atoms with Crippen molar-refractivity contribution in [1.29, 1.82) is 0 Å². The summed E-state index contributed by atoms with van der Waals surface area (Å²) in [5, 5.41) is 31.2. The summed E-state index contributed by atoms with van der Waals surface area (Å²) in [6.45, 7) is 0.512. The van der Waals surface area contributed by atoms with Crippen LogP contribution in [-0.2, 0) is 24.0 Å². The Morgan fingerprint density at radius 2 is 1.19 bits per heavy atom. The molecule has 2 amide bonds. The Kier molecular flexibility index (Phi) is 12.2. The van der Waals surface area contributed by atoms with E-state index in [0.29, 0.717) is 13.0 Å². The van der Waals surface area contributed by atoms with Crippen LogP contribution < -0.4 is 16.4 Å². The van der Waals surface area contributed by atoms with Gasteiger partial charge in [-0.2, -0.15) is 0 Å². The van der Waals surface area contributed by atoms with Gasteiger partial charge in [-0.05, 0) is 32.2 Å². The summed E-state index contributed by atoms with van der Waals surface area (Å²) in [5.41, 5.74) is 5.34. The normalized spacial score (nSPS) is 12.6. The Morgan fingerprint density at radius 1 is 0.704 bits per heavy atom. The molecule has 0 rings (SSSR count). The van der Waals surface area contributed by atoms with Gasteiger partial charge in [-0.1, -0.05) is 6.42 Å². The van der Waals surface area contributed by atoms with Gasteiger partial charge in [0.1, 0.15) is 12.1 Å². The second kappa shape index (κ2) is 13.5. The Bertz CT molecular complexity index is 538. The highest BCUT2D eigenvalue weighted by molar-refractivity contribution is 5.86. The van der Waals surface area contributed by atoms with E-state index >= 15 is 0 Å². The second-order valence-corrected chi connectivity index (χ2v) is 5.99. The zero-order valence-electron chi connectivity index (χ0n) is 15.0. The fourth-order valence-electron chi connectivity index (χ4n) is 2.20. The third kappa shape index (κ3) is 12.3. The predicted molar refractivity (Wildman–Crippen MR) is 92.8 cm³/mol. The van der Waals surface area contributed by atoms with E-state index in [1.807, 2.05) is 0 Å². The lowest BCUT2D eigenvalue weighted by Crippen LogP contribution is -2.44. The van der Waals surface area contributed by atoms with Crippen LogP contribution in [0.5, 0.6) is 0 Å². The highest BCUT2D eigenvalue weighted by Crippen LogP contribution is 2.04. The van der Waals surface area contributed by atoms with Crippen LogP contribution in [0, 0.1) is 0 Å². The number of aliphatic carboxylic acids is 3. The summed E-state index contributed by atoms with van der Waals surface area (Å²) in [6.07, 6.45) is 0.946. The maximum absolute atomic E-state index is 11.8. The minimum Gasteiger partial charge on any atom is -0.481 e. The Labute approximate surface area is 156 Å². The van der Waals surface area contributed by atoms with Gasteiger partial charge < -0.3 is 31.7 Å². The van der Waals surface area contributed by atoms with E-state index in [9.17, 15) is 24.0 Å². The predicted octanol–water partition coefficient (Wildman–Crippen LogP) is -0.711. The molecule has 0 aromatic carbocycles. The molecule has 2 atom stereocenters. The van der Waals surface area contributed by atoms with Gasteiger partial charge in [-0.3, -0.25) is 14.4 Å². The van der Waals surface area contributed by atoms with Crippen molar-refractivity contribution in [2.75, 3.05) is 6.54 Å². The van der Waals surface area contributed by atoms with E-state index in [1.54, 1.807) is 0 Å². The van der Waals surface area contributed by atoms with Crippen LogP contribution in [0.1, 0.15) is 51.4 Å². The van der Waals surface area contributed by atoms with Crippen molar-refractivity contribution >= 4 is 29.7 Å². The molecule has 7 N–H and O–H groups in total. The third-order valence-corrected chi connectivity index (χ3v) is 3.68. The zero-order chi connectivity index (χ0) is 20.8. The van der Waals surface area contributed by atoms with E-state index in [2.05, 4.69) is 10.6 Å². The van der Waals surface area contributed by atoms with E-state index in [0.717, 1.165) is 12.8 Å². The van der Waals surface area contributed by atoms with Gasteiger partial charge in [0.2, 0.25) is 11.8 Å². The quantitative estimate of drug-likeness (QED) is 0.196. The molecule has 0 heterocycles. The molecular formula is C16H27N3O8. The Hall–Kier alpha value is -2.69. The average molecular weight is 389 g/mol. The van der Waals surface area contributed by atoms with Crippen molar-refractivity contribution < 1.29 is 39.3 Å². The van der Waals surface area contributed by atoms with Gasteiger partial charge in [0.15, 0.2) is 0 Å². The molecule has 0 bridgehead atoms. The van der Waals surface area contributed by atoms with Crippen molar-refractivity contribution in [3.05, 3.63) is 0 Å². The van der Waals surface area contributed by atoms with Crippen molar-refractivity contribution in [1.82, 2.24) is 10.6 Å². The van der Waals surface area contributed by atoms with Gasteiger partial charge in [-0.15, -0.1) is 0 Å². The highest BCUT2D eigenvalue weighted by Gasteiger charge is 2.24. The number of carboxylic acids is 3. The van der Waals surface area contributed by atoms with Crippen LogP contribution in [0.15, 0.2) is 0 Å². The first-order chi connectivity index (χ1) is 12.7. The minimum absolute atomic E-state index is 0.145. The number of carbonyl (C=O) groups excluding carboxylic acids is 2. The molecule has 154 valence electrons. The zero-order valence-corrected chi connectivity index (χ0v) is 15.0. The highest BCUT2D eigenvalue weighted by atomic mass is 16.4. The van der Waals surface area contributed by atoms with E-state index < -0.39 is 48.2 Å². The van der Waals surface area contributed by atoms with Gasteiger partial charge in [-0.25, -0.2) is 9.59 Å². The molecule has 0 spiro atoms. The first-order valence-corrected chi connectivity index (χ1v) is 8.63.